The van der Waals surface area contributed by atoms with E-state index in [-0.39, 0.29) is 6.04 Å². The van der Waals surface area contributed by atoms with Crippen molar-refractivity contribution >= 4 is 0 Å². The number of nitrogens with zero attached hydrogens (tertiary/aromatic N) is 1. The molecule has 0 saturated heterocycles. The van der Waals surface area contributed by atoms with Gasteiger partial charge in [-0.1, -0.05) is 30.3 Å². The van der Waals surface area contributed by atoms with Gasteiger partial charge in [-0.3, -0.25) is 0 Å². The Kier molecular flexibility index (Phi) is 4.15. The average Bonchev–Trinajstić information content (AvgIpc) is 3.14. The quantitative estimate of drug-likeness (QED) is 0.772. The van der Waals surface area contributed by atoms with Crippen molar-refractivity contribution < 1.29 is 5.11 Å². The van der Waals surface area contributed by atoms with Gasteiger partial charge in [0.25, 0.3) is 0 Å². The van der Waals surface area contributed by atoms with Gasteiger partial charge in [-0.05, 0) is 31.9 Å². The van der Waals surface area contributed by atoms with Gasteiger partial charge in [0, 0.05) is 18.6 Å². The molecular formula is C14H22N2O. The SMILES string of the molecule is CN(CC(O)C(N)Cc1ccccc1)C1CC1. The lowest BCUT2D eigenvalue weighted by Gasteiger charge is -2.24. The molecule has 2 unspecified atom stereocenters. The van der Waals surface area contributed by atoms with Crippen LogP contribution in [0, 0.1) is 0 Å². The first kappa shape index (κ1) is 12.6. The first-order valence-electron chi connectivity index (χ1n) is 6.34. The number of likely N-dealkylation sites (N-methyl/N-ethyl adjacent to an activating group) is 1. The second-order valence-electron chi connectivity index (χ2n) is 5.09. The molecule has 1 aromatic rings. The largest absolute Gasteiger partial charge is 0.390 e. The minimum atomic E-state index is -0.444. The molecule has 0 spiro atoms. The molecule has 0 bridgehead atoms. The smallest absolute Gasteiger partial charge is 0.0820 e. The summed E-state index contributed by atoms with van der Waals surface area (Å²) in [5.41, 5.74) is 7.23. The van der Waals surface area contributed by atoms with Crippen LogP contribution >= 0.6 is 0 Å². The van der Waals surface area contributed by atoms with Crippen molar-refractivity contribution in [3.8, 4) is 0 Å². The molecule has 2 rings (SSSR count). The van der Waals surface area contributed by atoms with Crippen molar-refractivity contribution in [1.29, 1.82) is 0 Å². The first-order chi connectivity index (χ1) is 8.16. The van der Waals surface area contributed by atoms with E-state index in [1.807, 2.05) is 18.2 Å². The Balaban J connectivity index is 1.80. The first-order valence-corrected chi connectivity index (χ1v) is 6.34. The van der Waals surface area contributed by atoms with Crippen LogP contribution in [0.5, 0.6) is 0 Å². The maximum Gasteiger partial charge on any atom is 0.0820 e. The molecule has 2 atom stereocenters. The maximum absolute atomic E-state index is 10.1. The van der Waals surface area contributed by atoms with Gasteiger partial charge in [-0.25, -0.2) is 0 Å². The molecule has 3 N–H and O–H groups in total. The normalized spacial score (nSPS) is 19.3. The summed E-state index contributed by atoms with van der Waals surface area (Å²) in [6.45, 7) is 0.679. The second-order valence-corrected chi connectivity index (χ2v) is 5.09. The Bertz CT molecular complexity index is 337. The lowest BCUT2D eigenvalue weighted by molar-refractivity contribution is 0.0989. The zero-order valence-corrected chi connectivity index (χ0v) is 10.4. The molecule has 0 aromatic heterocycles. The van der Waals surface area contributed by atoms with E-state index >= 15 is 0 Å². The average molecular weight is 234 g/mol. The standard InChI is InChI=1S/C14H22N2O/c1-16(12-7-8-12)10-14(17)13(15)9-11-5-3-2-4-6-11/h2-6,12-14,17H,7-10,15H2,1H3. The van der Waals surface area contributed by atoms with E-state index in [2.05, 4.69) is 24.1 Å². The van der Waals surface area contributed by atoms with E-state index in [0.29, 0.717) is 12.6 Å². The van der Waals surface area contributed by atoms with Crippen molar-refractivity contribution in [3.63, 3.8) is 0 Å². The Morgan fingerprint density at radius 2 is 2.00 bits per heavy atom. The lowest BCUT2D eigenvalue weighted by atomic mass is 10.0. The molecule has 3 nitrogen and oxygen atoms in total. The summed E-state index contributed by atoms with van der Waals surface area (Å²) in [6, 6.07) is 10.6. The van der Waals surface area contributed by atoms with Crippen LogP contribution < -0.4 is 5.73 Å². The molecule has 3 heteroatoms. The summed E-state index contributed by atoms with van der Waals surface area (Å²) in [6.07, 6.45) is 2.82. The number of benzene rings is 1. The predicted octanol–water partition coefficient (Wildman–Crippen LogP) is 1.01. The van der Waals surface area contributed by atoms with Crippen LogP contribution in [0.4, 0.5) is 0 Å². The number of aliphatic hydroxyl groups is 1. The van der Waals surface area contributed by atoms with E-state index in [4.69, 9.17) is 5.73 Å². The van der Waals surface area contributed by atoms with Crippen molar-refractivity contribution in [2.75, 3.05) is 13.6 Å². The monoisotopic (exact) mass is 234 g/mol. The molecule has 1 fully saturated rings. The molecular weight excluding hydrogens is 212 g/mol. The fourth-order valence-electron chi connectivity index (χ4n) is 2.12. The molecule has 1 aliphatic carbocycles. The van der Waals surface area contributed by atoms with Gasteiger partial charge in [-0.2, -0.15) is 0 Å². The van der Waals surface area contributed by atoms with Crippen molar-refractivity contribution in [3.05, 3.63) is 35.9 Å². The number of aliphatic hydroxyl groups excluding tert-OH is 1. The summed E-state index contributed by atoms with van der Waals surface area (Å²) in [7, 11) is 2.07. The van der Waals surface area contributed by atoms with E-state index in [1.54, 1.807) is 0 Å². The van der Waals surface area contributed by atoms with E-state index in [0.717, 1.165) is 6.42 Å². The highest BCUT2D eigenvalue weighted by molar-refractivity contribution is 5.16. The topological polar surface area (TPSA) is 49.5 Å². The van der Waals surface area contributed by atoms with Crippen LogP contribution in [0.3, 0.4) is 0 Å². The molecule has 0 radical (unpaired) electrons. The summed E-state index contributed by atoms with van der Waals surface area (Å²) < 4.78 is 0. The van der Waals surface area contributed by atoms with Crippen LogP contribution in [0.15, 0.2) is 30.3 Å². The highest BCUT2D eigenvalue weighted by atomic mass is 16.3. The summed E-state index contributed by atoms with van der Waals surface area (Å²) in [4.78, 5) is 2.22. The minimum Gasteiger partial charge on any atom is -0.390 e. The zero-order chi connectivity index (χ0) is 12.3. The molecule has 1 saturated carbocycles. The van der Waals surface area contributed by atoms with Gasteiger partial charge < -0.3 is 15.7 Å². The molecule has 0 amide bonds. The van der Waals surface area contributed by atoms with E-state index < -0.39 is 6.10 Å². The zero-order valence-electron chi connectivity index (χ0n) is 10.4. The third kappa shape index (κ3) is 3.80. The minimum absolute atomic E-state index is 0.182. The predicted molar refractivity (Wildman–Crippen MR) is 69.8 cm³/mol. The maximum atomic E-state index is 10.1. The Morgan fingerprint density at radius 1 is 1.35 bits per heavy atom. The number of rotatable bonds is 6. The highest BCUT2D eigenvalue weighted by Gasteiger charge is 2.28. The summed E-state index contributed by atoms with van der Waals surface area (Å²) >= 11 is 0. The van der Waals surface area contributed by atoms with Crippen molar-refractivity contribution in [2.24, 2.45) is 5.73 Å². The third-order valence-corrected chi connectivity index (χ3v) is 3.45. The Labute approximate surface area is 103 Å². The van der Waals surface area contributed by atoms with Gasteiger partial charge in [0.05, 0.1) is 6.10 Å². The van der Waals surface area contributed by atoms with E-state index in [9.17, 15) is 5.11 Å². The van der Waals surface area contributed by atoms with Gasteiger partial charge in [0.1, 0.15) is 0 Å². The molecule has 1 aliphatic rings. The van der Waals surface area contributed by atoms with Crippen LogP contribution in [-0.4, -0.2) is 41.8 Å². The van der Waals surface area contributed by atoms with Crippen LogP contribution in [0.25, 0.3) is 0 Å². The fourth-order valence-corrected chi connectivity index (χ4v) is 2.12. The third-order valence-electron chi connectivity index (χ3n) is 3.45. The van der Waals surface area contributed by atoms with Crippen molar-refractivity contribution in [1.82, 2.24) is 4.90 Å². The van der Waals surface area contributed by atoms with E-state index in [1.165, 1.54) is 18.4 Å². The number of hydrogen-bond acceptors (Lipinski definition) is 3. The second kappa shape index (κ2) is 5.63. The summed E-state index contributed by atoms with van der Waals surface area (Å²) in [5, 5.41) is 10.1. The van der Waals surface area contributed by atoms with Crippen molar-refractivity contribution in [2.45, 2.75) is 37.5 Å². The molecule has 0 heterocycles. The van der Waals surface area contributed by atoms with Gasteiger partial charge >= 0.3 is 0 Å². The number of nitrogens with two attached hydrogens (primary N) is 1. The molecule has 94 valence electrons. The van der Waals surface area contributed by atoms with Gasteiger partial charge in [-0.15, -0.1) is 0 Å². The Hall–Kier alpha value is -0.900. The molecule has 0 aliphatic heterocycles. The van der Waals surface area contributed by atoms with Gasteiger partial charge in [0.15, 0.2) is 0 Å². The lowest BCUT2D eigenvalue weighted by Crippen LogP contribution is -2.44. The van der Waals surface area contributed by atoms with Gasteiger partial charge in [0.2, 0.25) is 0 Å². The molecule has 17 heavy (non-hydrogen) atoms. The highest BCUT2D eigenvalue weighted by Crippen LogP contribution is 2.25. The summed E-state index contributed by atoms with van der Waals surface area (Å²) in [5.74, 6) is 0. The van der Waals surface area contributed by atoms with Crippen LogP contribution in [0.2, 0.25) is 0 Å². The van der Waals surface area contributed by atoms with Crippen LogP contribution in [0.1, 0.15) is 18.4 Å². The number of hydrogen-bond donors (Lipinski definition) is 2. The van der Waals surface area contributed by atoms with Crippen LogP contribution in [-0.2, 0) is 6.42 Å². The molecule has 1 aromatic carbocycles. The Morgan fingerprint density at radius 3 is 2.59 bits per heavy atom. The fraction of sp³-hybridized carbons (Fsp3) is 0.571.